The highest BCUT2D eigenvalue weighted by molar-refractivity contribution is 5.87. The first kappa shape index (κ1) is 14.6. The van der Waals surface area contributed by atoms with Crippen LogP contribution in [0, 0.1) is 17.5 Å². The van der Waals surface area contributed by atoms with E-state index in [-0.39, 0.29) is 6.07 Å². The summed E-state index contributed by atoms with van der Waals surface area (Å²) in [5.41, 5.74) is -0.881. The molecular formula is C13H9F3O3. The van der Waals surface area contributed by atoms with Gasteiger partial charge in [-0.3, -0.25) is 0 Å². The molecule has 0 aliphatic heterocycles. The molecule has 0 fully saturated rings. The molecule has 0 heterocycles. The molecule has 0 saturated carbocycles. The third-order valence-corrected chi connectivity index (χ3v) is 2.00. The van der Waals surface area contributed by atoms with Crippen molar-refractivity contribution >= 4 is 5.97 Å². The first-order chi connectivity index (χ1) is 8.91. The van der Waals surface area contributed by atoms with Crippen LogP contribution in [0.15, 0.2) is 42.5 Å². The fourth-order valence-corrected chi connectivity index (χ4v) is 1.11. The van der Waals surface area contributed by atoms with E-state index in [0.717, 1.165) is 0 Å². The minimum atomic E-state index is -1.63. The third-order valence-electron chi connectivity index (χ3n) is 2.00. The van der Waals surface area contributed by atoms with Gasteiger partial charge >= 0.3 is 5.97 Å². The number of carboxylic acid groups (broad SMARTS) is 1. The highest BCUT2D eigenvalue weighted by Crippen LogP contribution is 2.13. The number of benzene rings is 2. The van der Waals surface area contributed by atoms with Crippen LogP contribution in [0.5, 0.6) is 5.75 Å². The maximum absolute atomic E-state index is 12.5. The number of hydrogen-bond acceptors (Lipinski definition) is 2. The number of hydrogen-bond donors (Lipinski definition) is 2. The minimum Gasteiger partial charge on any atom is -0.508 e. The van der Waals surface area contributed by atoms with E-state index in [4.69, 9.17) is 10.2 Å². The van der Waals surface area contributed by atoms with Crippen molar-refractivity contribution < 1.29 is 28.2 Å². The van der Waals surface area contributed by atoms with Gasteiger partial charge in [-0.15, -0.1) is 0 Å². The van der Waals surface area contributed by atoms with Crippen LogP contribution in [0.1, 0.15) is 10.4 Å². The van der Waals surface area contributed by atoms with Crippen LogP contribution in [0.4, 0.5) is 13.2 Å². The second-order valence-electron chi connectivity index (χ2n) is 3.39. The molecular weight excluding hydrogens is 261 g/mol. The molecule has 2 aromatic rings. The van der Waals surface area contributed by atoms with Gasteiger partial charge in [0.2, 0.25) is 0 Å². The molecule has 2 rings (SSSR count). The maximum atomic E-state index is 12.5. The number of phenolic OH excluding ortho intramolecular Hbond substituents is 1. The number of aromatic carboxylic acids is 1. The minimum absolute atomic E-state index is 0.193. The van der Waals surface area contributed by atoms with E-state index in [1.54, 1.807) is 24.3 Å². The largest absolute Gasteiger partial charge is 0.508 e. The van der Waals surface area contributed by atoms with Gasteiger partial charge in [0.25, 0.3) is 0 Å². The number of halogens is 3. The van der Waals surface area contributed by atoms with Crippen molar-refractivity contribution in [3.05, 3.63) is 65.5 Å². The zero-order valence-electron chi connectivity index (χ0n) is 9.48. The molecule has 0 amide bonds. The fourth-order valence-electron chi connectivity index (χ4n) is 1.11. The number of carbonyl (C=O) groups is 1. The number of aromatic hydroxyl groups is 1. The van der Waals surface area contributed by atoms with Crippen molar-refractivity contribution in [2.45, 2.75) is 0 Å². The quantitative estimate of drug-likeness (QED) is 0.782. The summed E-state index contributed by atoms with van der Waals surface area (Å²) in [5, 5.41) is 16.9. The van der Waals surface area contributed by atoms with Gasteiger partial charge in [-0.25, -0.2) is 18.0 Å². The highest BCUT2D eigenvalue weighted by atomic mass is 19.2. The molecule has 2 aromatic carbocycles. The van der Waals surface area contributed by atoms with Gasteiger partial charge in [0.15, 0.2) is 11.6 Å². The average molecular weight is 270 g/mol. The molecule has 0 aliphatic carbocycles. The SMILES string of the molecule is O=C(O)c1cc(F)c(F)cc1F.Oc1ccccc1. The Morgan fingerprint density at radius 1 is 0.895 bits per heavy atom. The summed E-state index contributed by atoms with van der Waals surface area (Å²) in [4.78, 5) is 10.2. The lowest BCUT2D eigenvalue weighted by Gasteiger charge is -1.97. The lowest BCUT2D eigenvalue weighted by Crippen LogP contribution is -2.02. The maximum Gasteiger partial charge on any atom is 0.338 e. The van der Waals surface area contributed by atoms with Gasteiger partial charge < -0.3 is 10.2 Å². The van der Waals surface area contributed by atoms with E-state index in [0.29, 0.717) is 11.8 Å². The van der Waals surface area contributed by atoms with Crippen molar-refractivity contribution in [2.75, 3.05) is 0 Å². The second kappa shape index (κ2) is 6.44. The molecule has 3 nitrogen and oxygen atoms in total. The van der Waals surface area contributed by atoms with E-state index in [9.17, 15) is 18.0 Å². The smallest absolute Gasteiger partial charge is 0.338 e. The first-order valence-electron chi connectivity index (χ1n) is 5.03. The second-order valence-corrected chi connectivity index (χ2v) is 3.39. The van der Waals surface area contributed by atoms with Gasteiger partial charge in [0.1, 0.15) is 11.6 Å². The Morgan fingerprint density at radius 2 is 1.42 bits per heavy atom. The summed E-state index contributed by atoms with van der Waals surface area (Å²) in [5.74, 6) is -5.39. The molecule has 0 atom stereocenters. The van der Waals surface area contributed by atoms with E-state index < -0.39 is 29.0 Å². The first-order valence-corrected chi connectivity index (χ1v) is 5.03. The van der Waals surface area contributed by atoms with E-state index in [1.165, 1.54) is 0 Å². The van der Waals surface area contributed by atoms with E-state index >= 15 is 0 Å². The molecule has 0 bridgehead atoms. The van der Waals surface area contributed by atoms with Gasteiger partial charge in [-0.05, 0) is 18.2 Å². The predicted molar refractivity (Wildman–Crippen MR) is 61.4 cm³/mol. The lowest BCUT2D eigenvalue weighted by atomic mass is 10.2. The van der Waals surface area contributed by atoms with Crippen molar-refractivity contribution in [1.82, 2.24) is 0 Å². The Hall–Kier alpha value is -2.50. The zero-order chi connectivity index (χ0) is 14.4. The summed E-state index contributed by atoms with van der Waals surface area (Å²) >= 11 is 0. The number of rotatable bonds is 1. The predicted octanol–water partition coefficient (Wildman–Crippen LogP) is 3.19. The standard InChI is InChI=1S/C7H3F3O2.C6H6O/c8-4-2-6(10)5(9)1-3(4)7(11)12;7-6-4-2-1-3-5-6/h1-2H,(H,11,12);1-5,7H. The van der Waals surface area contributed by atoms with E-state index in [1.807, 2.05) is 6.07 Å². The molecule has 100 valence electrons. The topological polar surface area (TPSA) is 57.5 Å². The Morgan fingerprint density at radius 3 is 1.84 bits per heavy atom. The van der Waals surface area contributed by atoms with Crippen LogP contribution in [-0.4, -0.2) is 16.2 Å². The lowest BCUT2D eigenvalue weighted by molar-refractivity contribution is 0.0691. The zero-order valence-corrected chi connectivity index (χ0v) is 9.48. The van der Waals surface area contributed by atoms with E-state index in [2.05, 4.69) is 0 Å². The van der Waals surface area contributed by atoms with Crippen LogP contribution < -0.4 is 0 Å². The van der Waals surface area contributed by atoms with Crippen molar-refractivity contribution in [3.63, 3.8) is 0 Å². The summed E-state index contributed by atoms with van der Waals surface area (Å²) in [6.07, 6.45) is 0. The molecule has 19 heavy (non-hydrogen) atoms. The number of phenols is 1. The Balaban J connectivity index is 0.000000218. The van der Waals surface area contributed by atoms with Gasteiger partial charge in [0, 0.05) is 6.07 Å². The molecule has 2 N–H and O–H groups in total. The molecule has 6 heteroatoms. The summed E-state index contributed by atoms with van der Waals surface area (Å²) in [7, 11) is 0. The van der Waals surface area contributed by atoms with Crippen LogP contribution >= 0.6 is 0 Å². The molecule has 0 radical (unpaired) electrons. The van der Waals surface area contributed by atoms with Crippen LogP contribution in [-0.2, 0) is 0 Å². The molecule has 0 unspecified atom stereocenters. The molecule has 0 saturated heterocycles. The van der Waals surface area contributed by atoms with Crippen LogP contribution in [0.25, 0.3) is 0 Å². The molecule has 0 aliphatic rings. The molecule has 0 spiro atoms. The number of carboxylic acids is 1. The van der Waals surface area contributed by atoms with Gasteiger partial charge in [-0.2, -0.15) is 0 Å². The van der Waals surface area contributed by atoms with Crippen LogP contribution in [0.2, 0.25) is 0 Å². The monoisotopic (exact) mass is 270 g/mol. The Bertz CT molecular complexity index is 571. The fraction of sp³-hybridized carbons (Fsp3) is 0. The third kappa shape index (κ3) is 4.34. The Kier molecular flexibility index (Phi) is 4.93. The Labute approximate surface area is 106 Å². The molecule has 0 aromatic heterocycles. The summed E-state index contributed by atoms with van der Waals surface area (Å²) in [6, 6.07) is 9.20. The van der Waals surface area contributed by atoms with Crippen molar-refractivity contribution in [1.29, 1.82) is 0 Å². The van der Waals surface area contributed by atoms with Crippen molar-refractivity contribution in [2.24, 2.45) is 0 Å². The van der Waals surface area contributed by atoms with Crippen LogP contribution in [0.3, 0.4) is 0 Å². The highest BCUT2D eigenvalue weighted by Gasteiger charge is 2.14. The normalized spacial score (nSPS) is 9.42. The average Bonchev–Trinajstić information content (AvgIpc) is 2.35. The van der Waals surface area contributed by atoms with Gasteiger partial charge in [0.05, 0.1) is 5.56 Å². The van der Waals surface area contributed by atoms with Crippen molar-refractivity contribution in [3.8, 4) is 5.75 Å². The summed E-state index contributed by atoms with van der Waals surface area (Å²) < 4.78 is 37.0. The number of para-hydroxylation sites is 1. The van der Waals surface area contributed by atoms with Gasteiger partial charge in [-0.1, -0.05) is 18.2 Å². The summed E-state index contributed by atoms with van der Waals surface area (Å²) in [6.45, 7) is 0.